The Kier molecular flexibility index (Phi) is 3.57. The zero-order valence-corrected chi connectivity index (χ0v) is 12.1. The molecule has 1 heterocycles. The zero-order valence-electron chi connectivity index (χ0n) is 11.3. The quantitative estimate of drug-likeness (QED) is 0.823. The predicted molar refractivity (Wildman–Crippen MR) is 79.9 cm³/mol. The molecule has 0 saturated heterocycles. The Morgan fingerprint density at radius 1 is 1.56 bits per heavy atom. The van der Waals surface area contributed by atoms with Crippen LogP contribution in [0.1, 0.15) is 44.2 Å². The van der Waals surface area contributed by atoms with Crippen molar-refractivity contribution in [2.24, 2.45) is 11.1 Å². The van der Waals surface area contributed by atoms with Crippen molar-refractivity contribution in [1.29, 1.82) is 0 Å². The summed E-state index contributed by atoms with van der Waals surface area (Å²) in [6, 6.07) is 2.39. The van der Waals surface area contributed by atoms with Crippen LogP contribution in [0.5, 0.6) is 0 Å². The van der Waals surface area contributed by atoms with Gasteiger partial charge < -0.3 is 11.1 Å². The summed E-state index contributed by atoms with van der Waals surface area (Å²) < 4.78 is 0. The van der Waals surface area contributed by atoms with E-state index in [0.29, 0.717) is 16.4 Å². The second kappa shape index (κ2) is 4.84. The number of aromatic nitrogens is 1. The lowest BCUT2D eigenvalue weighted by atomic mass is 9.87. The van der Waals surface area contributed by atoms with Crippen molar-refractivity contribution >= 4 is 23.0 Å². The van der Waals surface area contributed by atoms with Gasteiger partial charge in [-0.25, -0.2) is 4.98 Å². The van der Waals surface area contributed by atoms with E-state index >= 15 is 0 Å². The van der Waals surface area contributed by atoms with Crippen LogP contribution in [0.25, 0.3) is 0 Å². The van der Waals surface area contributed by atoms with Crippen molar-refractivity contribution in [2.75, 3.05) is 5.32 Å². The van der Waals surface area contributed by atoms with Gasteiger partial charge in [-0.15, -0.1) is 0 Å². The van der Waals surface area contributed by atoms with Crippen LogP contribution in [0, 0.1) is 12.3 Å². The molecule has 1 aromatic rings. The Hall–Kier alpha value is -1.16. The minimum Gasteiger partial charge on any atom is -0.389 e. The Bertz CT molecular complexity index is 468. The maximum absolute atomic E-state index is 5.81. The van der Waals surface area contributed by atoms with Gasteiger partial charge in [0.25, 0.3) is 0 Å². The third-order valence-corrected chi connectivity index (χ3v) is 4.18. The van der Waals surface area contributed by atoms with E-state index in [4.69, 9.17) is 18.0 Å². The van der Waals surface area contributed by atoms with Crippen molar-refractivity contribution < 1.29 is 0 Å². The highest BCUT2D eigenvalue weighted by Crippen LogP contribution is 2.39. The molecule has 0 bridgehead atoms. The fourth-order valence-electron chi connectivity index (χ4n) is 2.74. The first-order valence-electron chi connectivity index (χ1n) is 6.44. The lowest BCUT2D eigenvalue weighted by molar-refractivity contribution is 0.349. The van der Waals surface area contributed by atoms with Crippen LogP contribution in [-0.4, -0.2) is 16.0 Å². The first-order valence-corrected chi connectivity index (χ1v) is 6.84. The number of thiocarbonyl (C=S) groups is 1. The molecule has 0 aromatic carbocycles. The highest BCUT2D eigenvalue weighted by atomic mass is 32.1. The van der Waals surface area contributed by atoms with Gasteiger partial charge in [0.2, 0.25) is 0 Å². The van der Waals surface area contributed by atoms with Crippen LogP contribution in [0.15, 0.2) is 12.3 Å². The predicted octanol–water partition coefficient (Wildman–Crippen LogP) is 3.01. The maximum atomic E-state index is 5.81. The summed E-state index contributed by atoms with van der Waals surface area (Å²) in [6.07, 6.45) is 5.50. The summed E-state index contributed by atoms with van der Waals surface area (Å²) in [6.45, 7) is 6.61. The lowest BCUT2D eigenvalue weighted by Crippen LogP contribution is -2.32. The molecule has 0 spiro atoms. The first kappa shape index (κ1) is 13.3. The van der Waals surface area contributed by atoms with Crippen LogP contribution in [-0.2, 0) is 0 Å². The highest BCUT2D eigenvalue weighted by Gasteiger charge is 2.35. The molecule has 1 atom stereocenters. The lowest BCUT2D eigenvalue weighted by Gasteiger charge is -2.29. The molecule has 18 heavy (non-hydrogen) atoms. The van der Waals surface area contributed by atoms with Crippen LogP contribution < -0.4 is 11.1 Å². The second-order valence-corrected chi connectivity index (χ2v) is 6.23. The largest absolute Gasteiger partial charge is 0.389 e. The molecule has 1 aliphatic carbocycles. The van der Waals surface area contributed by atoms with E-state index in [1.165, 1.54) is 19.3 Å². The fraction of sp³-hybridized carbons (Fsp3) is 0.571. The molecule has 1 unspecified atom stereocenters. The van der Waals surface area contributed by atoms with Crippen LogP contribution in [0.2, 0.25) is 0 Å². The minimum absolute atomic E-state index is 0.304. The van der Waals surface area contributed by atoms with Gasteiger partial charge in [0.05, 0.1) is 5.56 Å². The van der Waals surface area contributed by atoms with Crippen molar-refractivity contribution in [3.63, 3.8) is 0 Å². The molecule has 0 aliphatic heterocycles. The molecule has 1 saturated carbocycles. The number of anilines is 1. The number of hydrogen-bond acceptors (Lipinski definition) is 3. The number of hydrogen-bond donors (Lipinski definition) is 2. The molecule has 1 aliphatic rings. The Labute approximate surface area is 114 Å². The monoisotopic (exact) mass is 263 g/mol. The average Bonchev–Trinajstić information content (AvgIpc) is 2.58. The SMILES string of the molecule is Cc1ccnc(NC2CCCC2(C)C)c1C(N)=S. The fourth-order valence-corrected chi connectivity index (χ4v) is 3.00. The minimum atomic E-state index is 0.304. The number of aryl methyl sites for hydroxylation is 1. The van der Waals surface area contributed by atoms with Gasteiger partial charge in [-0.1, -0.05) is 32.5 Å². The van der Waals surface area contributed by atoms with Crippen molar-refractivity contribution in [3.8, 4) is 0 Å². The van der Waals surface area contributed by atoms with Gasteiger partial charge in [-0.2, -0.15) is 0 Å². The van der Waals surface area contributed by atoms with Crippen LogP contribution in [0.3, 0.4) is 0 Å². The molecule has 3 N–H and O–H groups in total. The maximum Gasteiger partial charge on any atom is 0.136 e. The average molecular weight is 263 g/mol. The third-order valence-electron chi connectivity index (χ3n) is 3.97. The first-order chi connectivity index (χ1) is 8.42. The van der Waals surface area contributed by atoms with Crippen LogP contribution >= 0.6 is 12.2 Å². The van der Waals surface area contributed by atoms with Gasteiger partial charge in [0, 0.05) is 12.2 Å². The number of rotatable bonds is 3. The third kappa shape index (κ3) is 2.48. The van der Waals surface area contributed by atoms with E-state index in [1.54, 1.807) is 6.20 Å². The molecule has 1 fully saturated rings. The molecule has 1 aromatic heterocycles. The smallest absolute Gasteiger partial charge is 0.136 e. The number of nitrogens with one attached hydrogen (secondary N) is 1. The summed E-state index contributed by atoms with van der Waals surface area (Å²) in [4.78, 5) is 4.83. The van der Waals surface area contributed by atoms with Gasteiger partial charge in [-0.05, 0) is 36.8 Å². The Morgan fingerprint density at radius 3 is 2.83 bits per heavy atom. The molecule has 2 rings (SSSR count). The number of nitrogens with zero attached hydrogens (tertiary/aromatic N) is 1. The topological polar surface area (TPSA) is 50.9 Å². The van der Waals surface area contributed by atoms with E-state index in [9.17, 15) is 0 Å². The summed E-state index contributed by atoms with van der Waals surface area (Å²) in [7, 11) is 0. The molecule has 3 nitrogen and oxygen atoms in total. The Morgan fingerprint density at radius 2 is 2.28 bits per heavy atom. The summed E-state index contributed by atoms with van der Waals surface area (Å²) >= 11 is 5.13. The number of nitrogens with two attached hydrogens (primary N) is 1. The molecular weight excluding hydrogens is 242 g/mol. The zero-order chi connectivity index (χ0) is 13.3. The molecule has 0 amide bonds. The highest BCUT2D eigenvalue weighted by molar-refractivity contribution is 7.80. The molecular formula is C14H21N3S. The number of pyridine rings is 1. The summed E-state index contributed by atoms with van der Waals surface area (Å²) in [5, 5.41) is 3.54. The van der Waals surface area contributed by atoms with Gasteiger partial charge in [0.1, 0.15) is 10.8 Å². The van der Waals surface area contributed by atoms with E-state index < -0.39 is 0 Å². The Balaban J connectivity index is 2.29. The summed E-state index contributed by atoms with van der Waals surface area (Å²) in [5.74, 6) is 0.836. The van der Waals surface area contributed by atoms with Gasteiger partial charge in [-0.3, -0.25) is 0 Å². The van der Waals surface area contributed by atoms with E-state index in [2.05, 4.69) is 24.1 Å². The van der Waals surface area contributed by atoms with Crippen LogP contribution in [0.4, 0.5) is 5.82 Å². The van der Waals surface area contributed by atoms with Crippen molar-refractivity contribution in [1.82, 2.24) is 4.98 Å². The second-order valence-electron chi connectivity index (χ2n) is 5.79. The van der Waals surface area contributed by atoms with Crippen molar-refractivity contribution in [2.45, 2.75) is 46.1 Å². The van der Waals surface area contributed by atoms with Gasteiger partial charge >= 0.3 is 0 Å². The van der Waals surface area contributed by atoms with E-state index in [0.717, 1.165) is 16.9 Å². The summed E-state index contributed by atoms with van der Waals surface area (Å²) in [5.41, 5.74) is 8.08. The normalized spacial score (nSPS) is 21.8. The molecule has 4 heteroatoms. The van der Waals surface area contributed by atoms with E-state index in [1.807, 2.05) is 13.0 Å². The standard InChI is InChI=1S/C14H21N3S/c1-9-6-8-16-13(11(9)12(15)18)17-10-5-4-7-14(10,2)3/h6,8,10H,4-5,7H2,1-3H3,(H2,15,18)(H,16,17). The van der Waals surface area contributed by atoms with Crippen molar-refractivity contribution in [3.05, 3.63) is 23.4 Å². The molecule has 0 radical (unpaired) electrons. The molecule has 98 valence electrons. The van der Waals surface area contributed by atoms with Gasteiger partial charge in [0.15, 0.2) is 0 Å². The van der Waals surface area contributed by atoms with E-state index in [-0.39, 0.29) is 0 Å².